The first-order valence-electron chi connectivity index (χ1n) is 8.34. The van der Waals surface area contributed by atoms with Crippen molar-refractivity contribution in [3.05, 3.63) is 33.6 Å². The highest BCUT2D eigenvalue weighted by atomic mass is 35.5. The van der Waals surface area contributed by atoms with Crippen LogP contribution in [0.25, 0.3) is 10.9 Å². The summed E-state index contributed by atoms with van der Waals surface area (Å²) in [6, 6.07) is 5.10. The van der Waals surface area contributed by atoms with Crippen LogP contribution in [-0.2, 0) is 4.79 Å². The second-order valence-corrected chi connectivity index (χ2v) is 8.09. The van der Waals surface area contributed by atoms with Crippen molar-refractivity contribution < 1.29 is 4.79 Å². The lowest BCUT2D eigenvalue weighted by Crippen LogP contribution is -2.37. The van der Waals surface area contributed by atoms with Crippen LogP contribution in [0, 0.1) is 5.92 Å². The van der Waals surface area contributed by atoms with Gasteiger partial charge < -0.3 is 5.32 Å². The van der Waals surface area contributed by atoms with E-state index in [9.17, 15) is 9.59 Å². The molecule has 0 saturated heterocycles. The Balaban J connectivity index is 2.31. The van der Waals surface area contributed by atoms with Crippen molar-refractivity contribution in [2.75, 3.05) is 5.75 Å². The summed E-state index contributed by atoms with van der Waals surface area (Å²) in [6.45, 7) is 9.95. The fourth-order valence-electron chi connectivity index (χ4n) is 2.30. The normalized spacial score (nSPS) is 12.8. The van der Waals surface area contributed by atoms with Gasteiger partial charge in [-0.15, -0.1) is 0 Å². The van der Waals surface area contributed by atoms with Crippen molar-refractivity contribution in [3.8, 4) is 0 Å². The molecule has 0 fully saturated rings. The molecule has 0 spiro atoms. The molecule has 1 aromatic heterocycles. The maximum absolute atomic E-state index is 12.8. The zero-order valence-electron chi connectivity index (χ0n) is 15.2. The lowest BCUT2D eigenvalue weighted by atomic mass is 10.1. The summed E-state index contributed by atoms with van der Waals surface area (Å²) in [4.78, 5) is 29.5. The first-order valence-corrected chi connectivity index (χ1v) is 9.71. The number of hydrogen-bond donors (Lipinski definition) is 1. The number of carbonyl (C=O) groups is 1. The summed E-state index contributed by atoms with van der Waals surface area (Å²) < 4.78 is 1.63. The third-order valence-corrected chi connectivity index (χ3v) is 5.26. The zero-order valence-corrected chi connectivity index (χ0v) is 16.7. The van der Waals surface area contributed by atoms with E-state index < -0.39 is 0 Å². The molecule has 1 atom stereocenters. The van der Waals surface area contributed by atoms with Gasteiger partial charge in [-0.25, -0.2) is 4.98 Å². The van der Waals surface area contributed by atoms with Crippen LogP contribution in [-0.4, -0.2) is 27.3 Å². The van der Waals surface area contributed by atoms with E-state index in [1.807, 2.05) is 20.8 Å². The first-order chi connectivity index (χ1) is 11.7. The largest absolute Gasteiger partial charge is 0.353 e. The van der Waals surface area contributed by atoms with Gasteiger partial charge in [-0.3, -0.25) is 14.2 Å². The number of fused-ring (bicyclic) bond motifs is 1. The van der Waals surface area contributed by atoms with Crippen LogP contribution in [0.15, 0.2) is 28.2 Å². The monoisotopic (exact) mass is 381 g/mol. The van der Waals surface area contributed by atoms with Gasteiger partial charge in [0.1, 0.15) is 0 Å². The average Bonchev–Trinajstić information content (AvgIpc) is 2.51. The Bertz CT molecular complexity index is 833. The number of nitrogens with zero attached hydrogens (tertiary/aromatic N) is 2. The SMILES string of the molecule is CC(C)[C@@H](C)NC(=O)CSc1nc2cc(Cl)ccc2c(=O)n1C(C)C. The second-order valence-electron chi connectivity index (χ2n) is 6.71. The van der Waals surface area contributed by atoms with Crippen LogP contribution in [0.2, 0.25) is 5.02 Å². The van der Waals surface area contributed by atoms with Gasteiger partial charge in [0.15, 0.2) is 5.16 Å². The molecule has 25 heavy (non-hydrogen) atoms. The van der Waals surface area contributed by atoms with Gasteiger partial charge in [0, 0.05) is 17.1 Å². The van der Waals surface area contributed by atoms with E-state index in [-0.39, 0.29) is 29.3 Å². The highest BCUT2D eigenvalue weighted by Gasteiger charge is 2.17. The minimum atomic E-state index is -0.116. The molecule has 0 unspecified atom stereocenters. The Morgan fingerprint density at radius 3 is 2.56 bits per heavy atom. The van der Waals surface area contributed by atoms with Crippen molar-refractivity contribution in [2.45, 2.75) is 51.9 Å². The average molecular weight is 382 g/mol. The smallest absolute Gasteiger partial charge is 0.262 e. The lowest BCUT2D eigenvalue weighted by Gasteiger charge is -2.18. The molecular weight excluding hydrogens is 358 g/mol. The molecule has 1 N–H and O–H groups in total. The molecule has 2 rings (SSSR count). The summed E-state index contributed by atoms with van der Waals surface area (Å²) in [5.41, 5.74) is 0.433. The Morgan fingerprint density at radius 1 is 1.28 bits per heavy atom. The van der Waals surface area contributed by atoms with E-state index in [0.717, 1.165) is 0 Å². The van der Waals surface area contributed by atoms with Crippen molar-refractivity contribution in [1.29, 1.82) is 0 Å². The minimum absolute atomic E-state index is 0.0553. The fraction of sp³-hybridized carbons (Fsp3) is 0.500. The molecule has 1 heterocycles. The zero-order chi connectivity index (χ0) is 18.7. The molecule has 0 aliphatic rings. The van der Waals surface area contributed by atoms with Gasteiger partial charge in [-0.2, -0.15) is 0 Å². The van der Waals surface area contributed by atoms with E-state index in [4.69, 9.17) is 11.6 Å². The Morgan fingerprint density at radius 2 is 1.96 bits per heavy atom. The van der Waals surface area contributed by atoms with Crippen molar-refractivity contribution >= 4 is 40.2 Å². The number of nitrogens with one attached hydrogen (secondary N) is 1. The molecule has 0 bridgehead atoms. The number of amides is 1. The van der Waals surface area contributed by atoms with Crippen LogP contribution in [0.3, 0.4) is 0 Å². The summed E-state index contributed by atoms with van der Waals surface area (Å²) >= 11 is 7.29. The molecule has 7 heteroatoms. The molecule has 1 amide bonds. The Hall–Kier alpha value is -1.53. The Labute approximate surface area is 157 Å². The third-order valence-electron chi connectivity index (χ3n) is 4.07. The van der Waals surface area contributed by atoms with Crippen LogP contribution < -0.4 is 10.9 Å². The van der Waals surface area contributed by atoms with Gasteiger partial charge in [-0.1, -0.05) is 37.2 Å². The first kappa shape index (κ1) is 19.8. The molecule has 136 valence electrons. The van der Waals surface area contributed by atoms with E-state index >= 15 is 0 Å². The lowest BCUT2D eigenvalue weighted by molar-refractivity contribution is -0.119. The highest BCUT2D eigenvalue weighted by molar-refractivity contribution is 7.99. The maximum Gasteiger partial charge on any atom is 0.262 e. The second kappa shape index (κ2) is 8.23. The summed E-state index contributed by atoms with van der Waals surface area (Å²) in [7, 11) is 0. The van der Waals surface area contributed by atoms with Gasteiger partial charge in [0.2, 0.25) is 5.91 Å². The molecule has 2 aromatic rings. The quantitative estimate of drug-likeness (QED) is 0.609. The molecule has 5 nitrogen and oxygen atoms in total. The van der Waals surface area contributed by atoms with Gasteiger partial charge in [0.05, 0.1) is 16.7 Å². The molecular formula is C18H24ClN3O2S. The van der Waals surface area contributed by atoms with Crippen molar-refractivity contribution in [3.63, 3.8) is 0 Å². The fourth-order valence-corrected chi connectivity index (χ4v) is 3.41. The topological polar surface area (TPSA) is 64.0 Å². The standard InChI is InChI=1S/C18H24ClN3O2S/c1-10(2)12(5)20-16(23)9-25-18-21-15-8-13(19)6-7-14(15)17(24)22(18)11(3)4/h6-8,10-12H,9H2,1-5H3,(H,20,23)/t12-/m1/s1. The molecule has 0 radical (unpaired) electrons. The number of aromatic nitrogens is 2. The van der Waals surface area contributed by atoms with E-state index in [1.165, 1.54) is 11.8 Å². The molecule has 0 saturated carbocycles. The van der Waals surface area contributed by atoms with E-state index in [0.29, 0.717) is 27.0 Å². The van der Waals surface area contributed by atoms with Crippen molar-refractivity contribution in [1.82, 2.24) is 14.9 Å². The van der Waals surface area contributed by atoms with Gasteiger partial charge >= 0.3 is 0 Å². The molecule has 0 aliphatic carbocycles. The number of rotatable bonds is 6. The molecule has 1 aromatic carbocycles. The minimum Gasteiger partial charge on any atom is -0.353 e. The predicted molar refractivity (Wildman–Crippen MR) is 105 cm³/mol. The third kappa shape index (κ3) is 4.76. The van der Waals surface area contributed by atoms with Crippen LogP contribution in [0.5, 0.6) is 0 Å². The number of carbonyl (C=O) groups excluding carboxylic acids is 1. The summed E-state index contributed by atoms with van der Waals surface area (Å²) in [5.74, 6) is 0.508. The number of hydrogen-bond acceptors (Lipinski definition) is 4. The van der Waals surface area contributed by atoms with Crippen LogP contribution in [0.4, 0.5) is 0 Å². The number of benzene rings is 1. The van der Waals surface area contributed by atoms with E-state index in [1.54, 1.807) is 22.8 Å². The summed E-state index contributed by atoms with van der Waals surface area (Å²) in [6.07, 6.45) is 0. The van der Waals surface area contributed by atoms with E-state index in [2.05, 4.69) is 24.1 Å². The predicted octanol–water partition coefficient (Wildman–Crippen LogP) is 3.88. The van der Waals surface area contributed by atoms with Crippen molar-refractivity contribution in [2.24, 2.45) is 5.92 Å². The molecule has 0 aliphatic heterocycles. The van der Waals surface area contributed by atoms with Crippen LogP contribution in [0.1, 0.15) is 40.7 Å². The maximum atomic E-state index is 12.8. The summed E-state index contributed by atoms with van der Waals surface area (Å²) in [5, 5.41) is 4.55. The number of thioether (sulfide) groups is 1. The Kier molecular flexibility index (Phi) is 6.52. The van der Waals surface area contributed by atoms with Crippen LogP contribution >= 0.6 is 23.4 Å². The highest BCUT2D eigenvalue weighted by Crippen LogP contribution is 2.22. The van der Waals surface area contributed by atoms with Gasteiger partial charge in [-0.05, 0) is 44.9 Å². The van der Waals surface area contributed by atoms with Gasteiger partial charge in [0.25, 0.3) is 5.56 Å². The number of halogens is 1.